The fraction of sp³-hybridized carbons (Fsp3) is 0.211. The van der Waals surface area contributed by atoms with Gasteiger partial charge in [-0.2, -0.15) is 5.10 Å². The minimum atomic E-state index is -3.31. The third-order valence-corrected chi connectivity index (χ3v) is 4.63. The van der Waals surface area contributed by atoms with E-state index < -0.39 is 10.0 Å². The van der Waals surface area contributed by atoms with Crippen molar-refractivity contribution in [2.45, 2.75) is 20.1 Å². The van der Waals surface area contributed by atoms with Crippen molar-refractivity contribution in [2.75, 3.05) is 11.0 Å². The summed E-state index contributed by atoms with van der Waals surface area (Å²) >= 11 is 0. The molecule has 0 saturated carbocycles. The highest BCUT2D eigenvalue weighted by molar-refractivity contribution is 7.92. The number of anilines is 1. The maximum atomic E-state index is 11.4. The largest absolute Gasteiger partial charge is 0.392 e. The first kappa shape index (κ1) is 18.2. The van der Waals surface area contributed by atoms with Crippen molar-refractivity contribution in [1.29, 1.82) is 0 Å². The lowest BCUT2D eigenvalue weighted by Crippen LogP contribution is -2.09. The number of aliphatic hydroxyl groups is 1. The second-order valence-corrected chi connectivity index (χ2v) is 8.05. The first-order chi connectivity index (χ1) is 12.3. The summed E-state index contributed by atoms with van der Waals surface area (Å²) in [6.07, 6.45) is 4.61. The average Bonchev–Trinajstić information content (AvgIpc) is 3.04. The lowest BCUT2D eigenvalue weighted by atomic mass is 9.99. The third-order valence-electron chi connectivity index (χ3n) is 4.02. The number of benzene rings is 2. The number of hydrogen-bond acceptors (Lipinski definition) is 4. The standard InChI is InChI=1S/C19H21N3O3S/c1-14-3-8-18(21-26(2,24)25)9-19(14)17-6-4-15(5-7-17)11-22-12-16(13-23)10-20-22/h3-10,12,21,23H,11,13H2,1-2H3. The summed E-state index contributed by atoms with van der Waals surface area (Å²) in [5.41, 5.74) is 5.48. The van der Waals surface area contributed by atoms with Crippen molar-refractivity contribution >= 4 is 15.7 Å². The first-order valence-electron chi connectivity index (χ1n) is 8.14. The molecule has 0 amide bonds. The van der Waals surface area contributed by atoms with Gasteiger partial charge in [0.05, 0.1) is 25.6 Å². The van der Waals surface area contributed by atoms with Crippen LogP contribution in [-0.4, -0.2) is 29.6 Å². The molecule has 3 rings (SSSR count). The summed E-state index contributed by atoms with van der Waals surface area (Å²) in [6, 6.07) is 13.6. The molecule has 6 nitrogen and oxygen atoms in total. The van der Waals surface area contributed by atoms with Crippen molar-refractivity contribution in [2.24, 2.45) is 0 Å². The van der Waals surface area contributed by atoms with Crippen molar-refractivity contribution in [3.05, 3.63) is 71.5 Å². The molecule has 0 bridgehead atoms. The number of rotatable bonds is 6. The van der Waals surface area contributed by atoms with Crippen LogP contribution in [0.5, 0.6) is 0 Å². The fourth-order valence-electron chi connectivity index (χ4n) is 2.76. The minimum absolute atomic E-state index is 0.0178. The summed E-state index contributed by atoms with van der Waals surface area (Å²) < 4.78 is 27.2. The molecule has 2 N–H and O–H groups in total. The van der Waals surface area contributed by atoms with Crippen LogP contribution in [-0.2, 0) is 23.2 Å². The van der Waals surface area contributed by atoms with Gasteiger partial charge in [0.15, 0.2) is 0 Å². The summed E-state index contributed by atoms with van der Waals surface area (Å²) in [7, 11) is -3.31. The molecule has 0 fully saturated rings. The predicted molar refractivity (Wildman–Crippen MR) is 102 cm³/mol. The number of aliphatic hydroxyl groups excluding tert-OH is 1. The smallest absolute Gasteiger partial charge is 0.229 e. The Morgan fingerprint density at radius 1 is 1.12 bits per heavy atom. The summed E-state index contributed by atoms with van der Waals surface area (Å²) in [5.74, 6) is 0. The van der Waals surface area contributed by atoms with Gasteiger partial charge in [-0.15, -0.1) is 0 Å². The SMILES string of the molecule is Cc1ccc(NS(C)(=O)=O)cc1-c1ccc(Cn2cc(CO)cn2)cc1. The van der Waals surface area contributed by atoms with Gasteiger partial charge in [-0.1, -0.05) is 30.3 Å². The summed E-state index contributed by atoms with van der Waals surface area (Å²) in [5, 5.41) is 13.3. The van der Waals surface area contributed by atoms with Gasteiger partial charge >= 0.3 is 0 Å². The Bertz CT molecular complexity index is 1010. The lowest BCUT2D eigenvalue weighted by Gasteiger charge is -2.11. The van der Waals surface area contributed by atoms with Crippen LogP contribution >= 0.6 is 0 Å². The molecular formula is C19H21N3O3S. The summed E-state index contributed by atoms with van der Waals surface area (Å²) in [4.78, 5) is 0. The van der Waals surface area contributed by atoms with Crippen LogP contribution in [0.1, 0.15) is 16.7 Å². The zero-order valence-corrected chi connectivity index (χ0v) is 15.5. The van der Waals surface area contributed by atoms with Gasteiger partial charge in [0, 0.05) is 17.4 Å². The van der Waals surface area contributed by atoms with E-state index in [1.807, 2.05) is 49.5 Å². The molecule has 0 spiro atoms. The number of aryl methyl sites for hydroxylation is 1. The molecule has 3 aromatic rings. The van der Waals surface area contributed by atoms with Crippen LogP contribution in [0.25, 0.3) is 11.1 Å². The van der Waals surface area contributed by atoms with E-state index in [1.165, 1.54) is 0 Å². The molecule has 0 atom stereocenters. The van der Waals surface area contributed by atoms with Gasteiger partial charge in [-0.3, -0.25) is 9.40 Å². The van der Waals surface area contributed by atoms with E-state index in [-0.39, 0.29) is 6.61 Å². The zero-order valence-electron chi connectivity index (χ0n) is 14.7. The second-order valence-electron chi connectivity index (χ2n) is 6.31. The molecule has 0 aliphatic rings. The van der Waals surface area contributed by atoms with Gasteiger partial charge in [0.1, 0.15) is 0 Å². The minimum Gasteiger partial charge on any atom is -0.392 e. The van der Waals surface area contributed by atoms with Crippen molar-refractivity contribution < 1.29 is 13.5 Å². The molecule has 0 unspecified atom stereocenters. The van der Waals surface area contributed by atoms with E-state index in [9.17, 15) is 8.42 Å². The molecule has 2 aromatic carbocycles. The van der Waals surface area contributed by atoms with Gasteiger partial charge in [-0.05, 0) is 41.3 Å². The molecule has 7 heteroatoms. The van der Waals surface area contributed by atoms with Crippen molar-refractivity contribution in [3.8, 4) is 11.1 Å². The monoisotopic (exact) mass is 371 g/mol. The van der Waals surface area contributed by atoms with Crippen LogP contribution < -0.4 is 4.72 Å². The van der Waals surface area contributed by atoms with Gasteiger partial charge in [0.25, 0.3) is 0 Å². The van der Waals surface area contributed by atoms with E-state index in [1.54, 1.807) is 16.9 Å². The Labute approximate surface area is 153 Å². The molecular weight excluding hydrogens is 350 g/mol. The first-order valence-corrected chi connectivity index (χ1v) is 10.0. The van der Waals surface area contributed by atoms with E-state index >= 15 is 0 Å². The topological polar surface area (TPSA) is 84.2 Å². The molecule has 0 aliphatic heterocycles. The number of hydrogen-bond donors (Lipinski definition) is 2. The Balaban J connectivity index is 1.82. The lowest BCUT2D eigenvalue weighted by molar-refractivity contribution is 0.281. The van der Waals surface area contributed by atoms with Crippen LogP contribution in [0, 0.1) is 6.92 Å². The van der Waals surface area contributed by atoms with E-state index in [0.717, 1.165) is 34.1 Å². The van der Waals surface area contributed by atoms with Gasteiger partial charge < -0.3 is 5.11 Å². The van der Waals surface area contributed by atoms with E-state index in [4.69, 9.17) is 5.11 Å². The Morgan fingerprint density at radius 2 is 1.85 bits per heavy atom. The van der Waals surface area contributed by atoms with Crippen LogP contribution in [0.3, 0.4) is 0 Å². The van der Waals surface area contributed by atoms with Crippen LogP contribution in [0.4, 0.5) is 5.69 Å². The number of sulfonamides is 1. The van der Waals surface area contributed by atoms with E-state index in [2.05, 4.69) is 9.82 Å². The Morgan fingerprint density at radius 3 is 2.46 bits per heavy atom. The molecule has 1 aromatic heterocycles. The maximum Gasteiger partial charge on any atom is 0.229 e. The highest BCUT2D eigenvalue weighted by Gasteiger charge is 2.07. The van der Waals surface area contributed by atoms with Gasteiger partial charge in [0.2, 0.25) is 10.0 Å². The summed E-state index contributed by atoms with van der Waals surface area (Å²) in [6.45, 7) is 2.60. The predicted octanol–water partition coefficient (Wildman–Crippen LogP) is 2.77. The molecule has 1 heterocycles. The van der Waals surface area contributed by atoms with Crippen molar-refractivity contribution in [1.82, 2.24) is 9.78 Å². The van der Waals surface area contributed by atoms with Gasteiger partial charge in [-0.25, -0.2) is 8.42 Å². The quantitative estimate of drug-likeness (QED) is 0.698. The normalized spacial score (nSPS) is 11.5. The third kappa shape index (κ3) is 4.50. The molecule has 26 heavy (non-hydrogen) atoms. The Kier molecular flexibility index (Phi) is 5.11. The second kappa shape index (κ2) is 7.31. The van der Waals surface area contributed by atoms with Crippen LogP contribution in [0.15, 0.2) is 54.9 Å². The van der Waals surface area contributed by atoms with E-state index in [0.29, 0.717) is 12.2 Å². The Hall–Kier alpha value is -2.64. The van der Waals surface area contributed by atoms with Crippen molar-refractivity contribution in [3.63, 3.8) is 0 Å². The highest BCUT2D eigenvalue weighted by Crippen LogP contribution is 2.27. The average molecular weight is 371 g/mol. The molecule has 0 saturated heterocycles. The number of aromatic nitrogens is 2. The number of nitrogens with zero attached hydrogens (tertiary/aromatic N) is 2. The number of nitrogens with one attached hydrogen (secondary N) is 1. The highest BCUT2D eigenvalue weighted by atomic mass is 32.2. The fourth-order valence-corrected chi connectivity index (χ4v) is 3.32. The molecule has 136 valence electrons. The van der Waals surface area contributed by atoms with Crippen LogP contribution in [0.2, 0.25) is 0 Å². The molecule has 0 aliphatic carbocycles. The molecule has 0 radical (unpaired) electrons. The maximum absolute atomic E-state index is 11.4. The zero-order chi connectivity index (χ0) is 18.7.